The van der Waals surface area contributed by atoms with Gasteiger partial charge in [-0.25, -0.2) is 9.89 Å². The Morgan fingerprint density at radius 3 is 2.61 bits per heavy atom. The molecule has 0 bridgehead atoms. The van der Waals surface area contributed by atoms with Gasteiger partial charge in [-0.15, -0.1) is 5.10 Å². The number of rotatable bonds is 4. The van der Waals surface area contributed by atoms with E-state index in [9.17, 15) is 4.79 Å². The molecule has 2 amide bonds. The lowest BCUT2D eigenvalue weighted by Gasteiger charge is -2.39. The Morgan fingerprint density at radius 1 is 1.14 bits per heavy atom. The molecule has 0 spiro atoms. The van der Waals surface area contributed by atoms with Gasteiger partial charge in [0.2, 0.25) is 0 Å². The van der Waals surface area contributed by atoms with E-state index >= 15 is 0 Å². The smallest absolute Gasteiger partial charge is 0.319 e. The molecule has 0 saturated carbocycles. The first kappa shape index (κ1) is 19.2. The van der Waals surface area contributed by atoms with Gasteiger partial charge in [0, 0.05) is 39.8 Å². The van der Waals surface area contributed by atoms with E-state index in [0.29, 0.717) is 35.5 Å². The minimum Gasteiger partial charge on any atom is -0.319 e. The van der Waals surface area contributed by atoms with Crippen molar-refractivity contribution in [3.05, 3.63) is 68.4 Å². The van der Waals surface area contributed by atoms with Crippen LogP contribution in [0.5, 0.6) is 0 Å². The SMILES string of the molecule is O=C1N(Cc2ccc(Cl)cc2Cl)CC(c2nnn[nH]2)CN1c1ccc(Br)cc1. The molecule has 1 aliphatic heterocycles. The van der Waals surface area contributed by atoms with Gasteiger partial charge in [-0.2, -0.15) is 0 Å². The predicted molar refractivity (Wildman–Crippen MR) is 111 cm³/mol. The van der Waals surface area contributed by atoms with Crippen LogP contribution in [0.25, 0.3) is 0 Å². The minimum absolute atomic E-state index is 0.0672. The number of halogens is 3. The van der Waals surface area contributed by atoms with E-state index in [1.54, 1.807) is 21.9 Å². The number of carbonyl (C=O) groups is 1. The molecule has 1 fully saturated rings. The van der Waals surface area contributed by atoms with Gasteiger partial charge in [0.05, 0.1) is 5.92 Å². The van der Waals surface area contributed by atoms with Gasteiger partial charge < -0.3 is 4.90 Å². The summed E-state index contributed by atoms with van der Waals surface area (Å²) in [5.74, 6) is 0.573. The van der Waals surface area contributed by atoms with E-state index in [0.717, 1.165) is 15.7 Å². The van der Waals surface area contributed by atoms with Crippen molar-refractivity contribution in [2.45, 2.75) is 12.5 Å². The molecule has 1 N–H and O–H groups in total. The number of tetrazole rings is 1. The van der Waals surface area contributed by atoms with Crippen LogP contribution >= 0.6 is 39.1 Å². The maximum Gasteiger partial charge on any atom is 0.324 e. The maximum atomic E-state index is 13.2. The number of nitrogens with zero attached hydrogens (tertiary/aromatic N) is 5. The molecule has 10 heteroatoms. The molecular formula is C18H15BrCl2N6O. The van der Waals surface area contributed by atoms with Crippen molar-refractivity contribution in [1.82, 2.24) is 25.5 Å². The third-order valence-corrected chi connectivity index (χ3v) is 5.72. The number of aromatic nitrogens is 4. The summed E-state index contributed by atoms with van der Waals surface area (Å²) in [7, 11) is 0. The van der Waals surface area contributed by atoms with Crippen LogP contribution in [0.4, 0.5) is 10.5 Å². The second-order valence-electron chi connectivity index (χ2n) is 6.47. The van der Waals surface area contributed by atoms with Gasteiger partial charge in [0.25, 0.3) is 0 Å². The summed E-state index contributed by atoms with van der Waals surface area (Å²) in [6, 6.07) is 12.8. The maximum absolute atomic E-state index is 13.2. The Morgan fingerprint density at radius 2 is 1.93 bits per heavy atom. The van der Waals surface area contributed by atoms with E-state index in [-0.39, 0.29) is 11.9 Å². The average Bonchev–Trinajstić information content (AvgIpc) is 3.21. The number of nitrogens with one attached hydrogen (secondary N) is 1. The number of anilines is 1. The van der Waals surface area contributed by atoms with Crippen LogP contribution in [0.1, 0.15) is 17.3 Å². The zero-order valence-electron chi connectivity index (χ0n) is 14.5. The summed E-state index contributed by atoms with van der Waals surface area (Å²) in [6.45, 7) is 1.31. The second kappa shape index (κ2) is 8.06. The van der Waals surface area contributed by atoms with Crippen LogP contribution in [0.15, 0.2) is 46.9 Å². The third kappa shape index (κ3) is 3.99. The van der Waals surface area contributed by atoms with Crippen molar-refractivity contribution >= 4 is 50.9 Å². The first-order chi connectivity index (χ1) is 13.5. The van der Waals surface area contributed by atoms with Gasteiger partial charge in [0.15, 0.2) is 5.82 Å². The lowest BCUT2D eigenvalue weighted by Crippen LogP contribution is -2.52. The highest BCUT2D eigenvalue weighted by Gasteiger charge is 2.35. The quantitative estimate of drug-likeness (QED) is 0.595. The van der Waals surface area contributed by atoms with E-state index in [2.05, 4.69) is 36.6 Å². The van der Waals surface area contributed by atoms with E-state index < -0.39 is 0 Å². The molecule has 0 aliphatic carbocycles. The molecule has 1 aromatic heterocycles. The topological polar surface area (TPSA) is 78.0 Å². The summed E-state index contributed by atoms with van der Waals surface area (Å²) in [6.07, 6.45) is 0. The summed E-state index contributed by atoms with van der Waals surface area (Å²) < 4.78 is 0.946. The predicted octanol–water partition coefficient (Wildman–Crippen LogP) is 4.50. The Kier molecular flexibility index (Phi) is 5.52. The van der Waals surface area contributed by atoms with E-state index in [1.807, 2.05) is 30.3 Å². The van der Waals surface area contributed by atoms with Crippen molar-refractivity contribution in [3.63, 3.8) is 0 Å². The van der Waals surface area contributed by atoms with Gasteiger partial charge in [-0.1, -0.05) is 45.2 Å². The van der Waals surface area contributed by atoms with Gasteiger partial charge >= 0.3 is 6.03 Å². The van der Waals surface area contributed by atoms with Crippen LogP contribution in [0.2, 0.25) is 10.0 Å². The molecule has 4 rings (SSSR count). The number of urea groups is 1. The fourth-order valence-electron chi connectivity index (χ4n) is 3.21. The van der Waals surface area contributed by atoms with Gasteiger partial charge in [-0.05, 0) is 52.4 Å². The fraction of sp³-hybridized carbons (Fsp3) is 0.222. The van der Waals surface area contributed by atoms with Crippen LogP contribution in [0, 0.1) is 0 Å². The highest BCUT2D eigenvalue weighted by molar-refractivity contribution is 9.10. The van der Waals surface area contributed by atoms with Gasteiger partial charge in [0.1, 0.15) is 0 Å². The Balaban J connectivity index is 1.65. The summed E-state index contributed by atoms with van der Waals surface area (Å²) in [4.78, 5) is 16.7. The molecule has 144 valence electrons. The molecule has 7 nitrogen and oxygen atoms in total. The van der Waals surface area contributed by atoms with E-state index in [4.69, 9.17) is 23.2 Å². The molecule has 2 heterocycles. The summed E-state index contributed by atoms with van der Waals surface area (Å²) in [5, 5.41) is 15.3. The van der Waals surface area contributed by atoms with Crippen LogP contribution < -0.4 is 4.90 Å². The first-order valence-corrected chi connectivity index (χ1v) is 10.1. The zero-order chi connectivity index (χ0) is 19.7. The largest absolute Gasteiger partial charge is 0.324 e. The van der Waals surface area contributed by atoms with Crippen molar-refractivity contribution < 1.29 is 4.79 Å². The zero-order valence-corrected chi connectivity index (χ0v) is 17.6. The Bertz CT molecular complexity index is 982. The molecule has 1 unspecified atom stereocenters. The number of aromatic amines is 1. The molecule has 0 radical (unpaired) electrons. The van der Waals surface area contributed by atoms with Crippen molar-refractivity contribution in [2.75, 3.05) is 18.0 Å². The first-order valence-electron chi connectivity index (χ1n) is 8.51. The number of benzene rings is 2. The lowest BCUT2D eigenvalue weighted by molar-refractivity contribution is 0.185. The summed E-state index contributed by atoms with van der Waals surface area (Å²) >= 11 is 15.7. The number of H-pyrrole nitrogens is 1. The lowest BCUT2D eigenvalue weighted by atomic mass is 10.0. The van der Waals surface area contributed by atoms with Crippen molar-refractivity contribution in [3.8, 4) is 0 Å². The number of amides is 2. The fourth-order valence-corrected chi connectivity index (χ4v) is 3.94. The monoisotopic (exact) mass is 480 g/mol. The standard InChI is InChI=1S/C18H15BrCl2N6O/c19-13-2-5-15(6-3-13)27-10-12(17-22-24-25-23-17)9-26(18(27)28)8-11-1-4-14(20)7-16(11)21/h1-7,12H,8-10H2,(H,22,23,24,25). The van der Waals surface area contributed by atoms with Crippen molar-refractivity contribution in [1.29, 1.82) is 0 Å². The number of hydrogen-bond donors (Lipinski definition) is 1. The van der Waals surface area contributed by atoms with Crippen LogP contribution in [-0.2, 0) is 6.54 Å². The van der Waals surface area contributed by atoms with Crippen LogP contribution in [-0.4, -0.2) is 44.6 Å². The van der Waals surface area contributed by atoms with Crippen molar-refractivity contribution in [2.24, 2.45) is 0 Å². The average molecular weight is 482 g/mol. The third-order valence-electron chi connectivity index (χ3n) is 4.61. The Labute approximate surface area is 179 Å². The number of hydrogen-bond acceptors (Lipinski definition) is 4. The van der Waals surface area contributed by atoms with Crippen LogP contribution in [0.3, 0.4) is 0 Å². The molecule has 1 saturated heterocycles. The normalized spacial score (nSPS) is 17.2. The Hall–Kier alpha value is -2.16. The van der Waals surface area contributed by atoms with Gasteiger partial charge in [-0.3, -0.25) is 4.90 Å². The molecule has 3 aromatic rings. The second-order valence-corrected chi connectivity index (χ2v) is 8.23. The highest BCUT2D eigenvalue weighted by Crippen LogP contribution is 2.30. The minimum atomic E-state index is -0.0999. The molecule has 2 aromatic carbocycles. The molecule has 1 atom stereocenters. The number of carbonyl (C=O) groups excluding carboxylic acids is 1. The molecular weight excluding hydrogens is 467 g/mol. The molecule has 1 aliphatic rings. The highest BCUT2D eigenvalue weighted by atomic mass is 79.9. The summed E-state index contributed by atoms with van der Waals surface area (Å²) in [5.41, 5.74) is 1.63. The van der Waals surface area contributed by atoms with E-state index in [1.165, 1.54) is 0 Å². The molecule has 28 heavy (non-hydrogen) atoms.